The highest BCUT2D eigenvalue weighted by Crippen LogP contribution is 2.11. The molecule has 6 nitrogen and oxygen atoms in total. The lowest BCUT2D eigenvalue weighted by Crippen LogP contribution is -2.38. The van der Waals surface area contributed by atoms with Gasteiger partial charge in [0.15, 0.2) is 0 Å². The van der Waals surface area contributed by atoms with Gasteiger partial charge < -0.3 is 16.0 Å². The predicted octanol–water partition coefficient (Wildman–Crippen LogP) is 0.751. The Morgan fingerprint density at radius 2 is 2.15 bits per heavy atom. The quantitative estimate of drug-likeness (QED) is 0.663. The van der Waals surface area contributed by atoms with Gasteiger partial charge >= 0.3 is 0 Å². The van der Waals surface area contributed by atoms with Gasteiger partial charge in [-0.3, -0.25) is 9.48 Å². The number of hydrogen-bond donors (Lipinski definition) is 2. The van der Waals surface area contributed by atoms with E-state index in [2.05, 4.69) is 36.1 Å². The number of carbonyl (C=O) groups is 1. The van der Waals surface area contributed by atoms with E-state index in [-0.39, 0.29) is 5.91 Å². The fourth-order valence-electron chi connectivity index (χ4n) is 2.17. The Balaban J connectivity index is 2.57. The highest BCUT2D eigenvalue weighted by Gasteiger charge is 2.18. The van der Waals surface area contributed by atoms with Crippen molar-refractivity contribution in [1.29, 1.82) is 0 Å². The van der Waals surface area contributed by atoms with Crippen LogP contribution in [0.15, 0.2) is 12.4 Å². The molecule has 1 aromatic rings. The molecule has 0 spiro atoms. The zero-order valence-electron chi connectivity index (χ0n) is 12.8. The molecule has 1 heterocycles. The first-order chi connectivity index (χ1) is 9.62. The van der Waals surface area contributed by atoms with E-state index in [0.717, 1.165) is 44.7 Å². The average Bonchev–Trinajstić information content (AvgIpc) is 2.87. The van der Waals surface area contributed by atoms with Crippen molar-refractivity contribution in [3.8, 4) is 0 Å². The van der Waals surface area contributed by atoms with Crippen molar-refractivity contribution in [2.75, 3.05) is 26.2 Å². The topological polar surface area (TPSA) is 76.2 Å². The number of amides is 1. The number of nitrogens with two attached hydrogens (primary N) is 1. The van der Waals surface area contributed by atoms with Crippen LogP contribution in [0.3, 0.4) is 0 Å². The molecule has 1 unspecified atom stereocenters. The van der Waals surface area contributed by atoms with Gasteiger partial charge in [0, 0.05) is 31.4 Å². The molecule has 6 heteroatoms. The Bertz CT molecular complexity index is 400. The molecule has 1 aromatic heterocycles. The number of nitrogens with zero attached hydrogens (tertiary/aromatic N) is 3. The molecule has 0 aliphatic carbocycles. The van der Waals surface area contributed by atoms with Gasteiger partial charge in [-0.05, 0) is 19.5 Å². The summed E-state index contributed by atoms with van der Waals surface area (Å²) < 4.78 is 1.84. The second-order valence-corrected chi connectivity index (χ2v) is 4.85. The molecule has 0 fully saturated rings. The van der Waals surface area contributed by atoms with Crippen LogP contribution in [-0.4, -0.2) is 46.8 Å². The van der Waals surface area contributed by atoms with Crippen LogP contribution in [0.4, 0.5) is 0 Å². The number of hydrogen-bond acceptors (Lipinski definition) is 4. The highest BCUT2D eigenvalue weighted by molar-refractivity contribution is 5.81. The molecule has 0 radical (unpaired) electrons. The summed E-state index contributed by atoms with van der Waals surface area (Å²) in [6, 6.07) is -0.462. The zero-order valence-corrected chi connectivity index (χ0v) is 12.8. The largest absolute Gasteiger partial charge is 0.368 e. The standard InChI is InChI=1S/C14H27N5O/c1-4-8-19-11-12(10-17-19)13(14(15)20)16-7-9-18(5-2)6-3/h10-11,13,16H,4-9H2,1-3H3,(H2,15,20). The van der Waals surface area contributed by atoms with E-state index in [1.165, 1.54) is 0 Å². The van der Waals surface area contributed by atoms with Crippen LogP contribution in [0.5, 0.6) is 0 Å². The molecule has 0 aliphatic rings. The maximum atomic E-state index is 11.6. The third kappa shape index (κ3) is 4.94. The van der Waals surface area contributed by atoms with Crippen molar-refractivity contribution in [3.63, 3.8) is 0 Å². The van der Waals surface area contributed by atoms with Crippen LogP contribution in [0.1, 0.15) is 38.8 Å². The number of primary amides is 1. The lowest BCUT2D eigenvalue weighted by molar-refractivity contribution is -0.120. The fourth-order valence-corrected chi connectivity index (χ4v) is 2.17. The first kappa shape index (κ1) is 16.7. The molecule has 20 heavy (non-hydrogen) atoms. The fraction of sp³-hybridized carbons (Fsp3) is 0.714. The van der Waals surface area contributed by atoms with Crippen molar-refractivity contribution in [2.45, 2.75) is 39.8 Å². The Hall–Kier alpha value is -1.40. The summed E-state index contributed by atoms with van der Waals surface area (Å²) in [5, 5.41) is 7.46. The lowest BCUT2D eigenvalue weighted by atomic mass is 10.1. The molecule has 114 valence electrons. The smallest absolute Gasteiger partial charge is 0.239 e. The number of likely N-dealkylation sites (N-methyl/N-ethyl adjacent to an activating group) is 1. The van der Waals surface area contributed by atoms with E-state index in [1.54, 1.807) is 6.20 Å². The van der Waals surface area contributed by atoms with Crippen LogP contribution < -0.4 is 11.1 Å². The molecular weight excluding hydrogens is 254 g/mol. The van der Waals surface area contributed by atoms with E-state index in [4.69, 9.17) is 5.73 Å². The van der Waals surface area contributed by atoms with Gasteiger partial charge in [0.2, 0.25) is 5.91 Å². The lowest BCUT2D eigenvalue weighted by Gasteiger charge is -2.20. The van der Waals surface area contributed by atoms with Gasteiger partial charge in [-0.15, -0.1) is 0 Å². The minimum Gasteiger partial charge on any atom is -0.368 e. The van der Waals surface area contributed by atoms with Crippen LogP contribution in [0, 0.1) is 0 Å². The molecule has 1 atom stereocenters. The Kier molecular flexibility index (Phi) is 7.25. The number of aryl methyl sites for hydroxylation is 1. The monoisotopic (exact) mass is 281 g/mol. The maximum absolute atomic E-state index is 11.6. The molecule has 3 N–H and O–H groups in total. The summed E-state index contributed by atoms with van der Waals surface area (Å²) in [6.45, 7) is 10.9. The van der Waals surface area contributed by atoms with Gasteiger partial charge in [-0.25, -0.2) is 0 Å². The van der Waals surface area contributed by atoms with E-state index in [1.807, 2.05) is 10.9 Å². The minimum absolute atomic E-state index is 0.361. The van der Waals surface area contributed by atoms with Crippen LogP contribution in [0.25, 0.3) is 0 Å². The van der Waals surface area contributed by atoms with Crippen molar-refractivity contribution in [1.82, 2.24) is 20.0 Å². The Morgan fingerprint density at radius 1 is 1.45 bits per heavy atom. The van der Waals surface area contributed by atoms with Gasteiger partial charge in [-0.1, -0.05) is 20.8 Å². The molecular formula is C14H27N5O. The molecule has 0 aliphatic heterocycles. The van der Waals surface area contributed by atoms with Gasteiger partial charge in [0.05, 0.1) is 6.20 Å². The first-order valence-corrected chi connectivity index (χ1v) is 7.39. The van der Waals surface area contributed by atoms with Crippen molar-refractivity contribution < 1.29 is 4.79 Å². The average molecular weight is 281 g/mol. The summed E-state index contributed by atoms with van der Waals surface area (Å²) in [4.78, 5) is 13.9. The summed E-state index contributed by atoms with van der Waals surface area (Å²) in [6.07, 6.45) is 4.62. The zero-order chi connectivity index (χ0) is 15.0. The number of rotatable bonds is 10. The van der Waals surface area contributed by atoms with E-state index < -0.39 is 6.04 Å². The van der Waals surface area contributed by atoms with Crippen LogP contribution in [0.2, 0.25) is 0 Å². The van der Waals surface area contributed by atoms with E-state index in [0.29, 0.717) is 0 Å². The number of carbonyl (C=O) groups excluding carboxylic acids is 1. The number of aromatic nitrogens is 2. The summed E-state index contributed by atoms with van der Waals surface area (Å²) >= 11 is 0. The molecule has 0 bridgehead atoms. The predicted molar refractivity (Wildman–Crippen MR) is 80.2 cm³/mol. The van der Waals surface area contributed by atoms with Crippen molar-refractivity contribution in [3.05, 3.63) is 18.0 Å². The Morgan fingerprint density at radius 3 is 2.70 bits per heavy atom. The molecule has 0 saturated carbocycles. The Labute approximate surface area is 121 Å². The van der Waals surface area contributed by atoms with Crippen molar-refractivity contribution in [2.24, 2.45) is 5.73 Å². The normalized spacial score (nSPS) is 12.8. The summed E-state index contributed by atoms with van der Waals surface area (Å²) in [5.41, 5.74) is 6.32. The van der Waals surface area contributed by atoms with Gasteiger partial charge in [0.25, 0.3) is 0 Å². The molecule has 1 amide bonds. The SMILES string of the molecule is CCCn1cc(C(NCCN(CC)CC)C(N)=O)cn1. The third-order valence-corrected chi connectivity index (χ3v) is 3.39. The van der Waals surface area contributed by atoms with E-state index >= 15 is 0 Å². The first-order valence-electron chi connectivity index (χ1n) is 7.39. The molecule has 0 saturated heterocycles. The van der Waals surface area contributed by atoms with Gasteiger partial charge in [0.1, 0.15) is 6.04 Å². The second-order valence-electron chi connectivity index (χ2n) is 4.85. The van der Waals surface area contributed by atoms with Crippen LogP contribution in [-0.2, 0) is 11.3 Å². The highest BCUT2D eigenvalue weighted by atomic mass is 16.1. The molecule has 1 rings (SSSR count). The third-order valence-electron chi connectivity index (χ3n) is 3.39. The van der Waals surface area contributed by atoms with Gasteiger partial charge in [-0.2, -0.15) is 5.10 Å². The maximum Gasteiger partial charge on any atom is 0.239 e. The van der Waals surface area contributed by atoms with Crippen LogP contribution >= 0.6 is 0 Å². The second kappa shape index (κ2) is 8.71. The van der Waals surface area contributed by atoms with E-state index in [9.17, 15) is 4.79 Å². The van der Waals surface area contributed by atoms with Crippen molar-refractivity contribution >= 4 is 5.91 Å². The summed E-state index contributed by atoms with van der Waals surface area (Å²) in [7, 11) is 0. The summed E-state index contributed by atoms with van der Waals surface area (Å²) in [5.74, 6) is -0.361. The minimum atomic E-state index is -0.462. The molecule has 0 aromatic carbocycles. The number of nitrogens with one attached hydrogen (secondary N) is 1.